The van der Waals surface area contributed by atoms with Crippen LogP contribution in [0.15, 0.2) is 48.5 Å². The number of hydrogen-bond acceptors (Lipinski definition) is 1. The third-order valence-electron chi connectivity index (χ3n) is 2.47. The highest BCUT2D eigenvalue weighted by Gasteiger charge is 2.07. The van der Waals surface area contributed by atoms with Crippen LogP contribution in [-0.4, -0.2) is 5.91 Å². The van der Waals surface area contributed by atoms with Crippen molar-refractivity contribution in [3.05, 3.63) is 67.0 Å². The fraction of sp³-hybridized carbons (Fsp3) is 0. The Labute approximate surface area is 99.1 Å². The number of benzene rings is 2. The Kier molecular flexibility index (Phi) is 3.19. The molecule has 1 amide bonds. The first-order chi connectivity index (χ1) is 8.22. The van der Waals surface area contributed by atoms with Crippen molar-refractivity contribution in [1.82, 2.24) is 5.32 Å². The summed E-state index contributed by atoms with van der Waals surface area (Å²) in [6.45, 7) is 0. The van der Waals surface area contributed by atoms with E-state index < -0.39 is 0 Å². The van der Waals surface area contributed by atoms with Crippen LogP contribution in [0, 0.1) is 12.9 Å². The quantitative estimate of drug-likeness (QED) is 0.841. The first kappa shape index (κ1) is 11.3. The van der Waals surface area contributed by atoms with E-state index in [2.05, 4.69) is 12.4 Å². The van der Waals surface area contributed by atoms with Gasteiger partial charge in [-0.1, -0.05) is 30.3 Å². The maximum atomic E-state index is 13.6. The molecular weight excluding hydrogens is 217 g/mol. The molecule has 0 aliphatic carbocycles. The molecule has 1 radical (unpaired) electrons. The van der Waals surface area contributed by atoms with E-state index >= 15 is 0 Å². The largest absolute Gasteiger partial charge is 0.350 e. The van der Waals surface area contributed by atoms with E-state index in [1.54, 1.807) is 42.5 Å². The van der Waals surface area contributed by atoms with E-state index in [-0.39, 0.29) is 11.7 Å². The van der Waals surface area contributed by atoms with Gasteiger partial charge in [-0.15, -0.1) is 0 Å². The molecule has 0 unspecified atom stereocenters. The predicted molar refractivity (Wildman–Crippen MR) is 64.7 cm³/mol. The van der Waals surface area contributed by atoms with Gasteiger partial charge in [-0.2, -0.15) is 0 Å². The summed E-state index contributed by atoms with van der Waals surface area (Å²) in [5, 5.41) is 2.29. The van der Waals surface area contributed by atoms with Gasteiger partial charge in [-0.3, -0.25) is 4.79 Å². The second kappa shape index (κ2) is 4.78. The topological polar surface area (TPSA) is 29.1 Å². The van der Waals surface area contributed by atoms with Crippen LogP contribution in [0.3, 0.4) is 0 Å². The van der Waals surface area contributed by atoms with Crippen LogP contribution in [0.5, 0.6) is 0 Å². The monoisotopic (exact) mass is 228 g/mol. The van der Waals surface area contributed by atoms with Crippen LogP contribution in [0.1, 0.15) is 10.4 Å². The van der Waals surface area contributed by atoms with Crippen LogP contribution in [0.2, 0.25) is 0 Å². The molecule has 0 aliphatic heterocycles. The van der Waals surface area contributed by atoms with Gasteiger partial charge in [0, 0.05) is 18.2 Å². The minimum atomic E-state index is -0.306. The summed E-state index contributed by atoms with van der Waals surface area (Å²) >= 11 is 0. The Bertz CT molecular complexity index is 551. The molecule has 0 saturated heterocycles. The Balaban J connectivity index is 2.47. The summed E-state index contributed by atoms with van der Waals surface area (Å²) in [4.78, 5) is 11.4. The smallest absolute Gasteiger partial charge is 0.251 e. The van der Waals surface area contributed by atoms with Crippen molar-refractivity contribution in [2.75, 3.05) is 0 Å². The second-order valence-electron chi connectivity index (χ2n) is 3.57. The van der Waals surface area contributed by atoms with Gasteiger partial charge in [-0.05, 0) is 23.8 Å². The molecule has 3 heteroatoms. The Morgan fingerprint density at radius 1 is 1.12 bits per heavy atom. The molecule has 85 valence electrons. The SMILES string of the molecule is [CH2]NC(=O)c1cccc(-c2ccccc2F)c1. The molecule has 2 aromatic carbocycles. The van der Waals surface area contributed by atoms with Gasteiger partial charge < -0.3 is 5.32 Å². The van der Waals surface area contributed by atoms with Crippen molar-refractivity contribution in [3.8, 4) is 11.1 Å². The minimum Gasteiger partial charge on any atom is -0.350 e. The zero-order valence-corrected chi connectivity index (χ0v) is 9.11. The Hall–Kier alpha value is -2.16. The van der Waals surface area contributed by atoms with Crippen LogP contribution >= 0.6 is 0 Å². The van der Waals surface area contributed by atoms with E-state index in [9.17, 15) is 9.18 Å². The van der Waals surface area contributed by atoms with Gasteiger partial charge in [-0.25, -0.2) is 4.39 Å². The third kappa shape index (κ3) is 2.33. The van der Waals surface area contributed by atoms with E-state index in [0.29, 0.717) is 16.7 Å². The maximum Gasteiger partial charge on any atom is 0.251 e. The molecular formula is C14H11FNO. The lowest BCUT2D eigenvalue weighted by atomic mass is 10.0. The lowest BCUT2D eigenvalue weighted by molar-refractivity contribution is 0.0969. The third-order valence-corrected chi connectivity index (χ3v) is 2.47. The van der Waals surface area contributed by atoms with E-state index in [4.69, 9.17) is 0 Å². The zero-order valence-electron chi connectivity index (χ0n) is 9.11. The molecule has 0 bridgehead atoms. The molecule has 0 aliphatic rings. The molecule has 1 N–H and O–H groups in total. The molecule has 0 heterocycles. The van der Waals surface area contributed by atoms with Gasteiger partial charge in [0.05, 0.1) is 0 Å². The number of rotatable bonds is 2. The van der Waals surface area contributed by atoms with Crippen molar-refractivity contribution >= 4 is 5.91 Å². The maximum absolute atomic E-state index is 13.6. The summed E-state index contributed by atoms with van der Waals surface area (Å²) in [5.41, 5.74) is 1.61. The summed E-state index contributed by atoms with van der Waals surface area (Å²) in [6, 6.07) is 13.2. The van der Waals surface area contributed by atoms with E-state index in [1.807, 2.05) is 0 Å². The lowest BCUT2D eigenvalue weighted by Gasteiger charge is -2.05. The van der Waals surface area contributed by atoms with E-state index in [1.165, 1.54) is 6.07 Å². The normalized spacial score (nSPS) is 10.0. The van der Waals surface area contributed by atoms with Crippen molar-refractivity contribution < 1.29 is 9.18 Å². The van der Waals surface area contributed by atoms with Crippen LogP contribution in [0.4, 0.5) is 4.39 Å². The first-order valence-electron chi connectivity index (χ1n) is 5.15. The van der Waals surface area contributed by atoms with Crippen molar-refractivity contribution in [3.63, 3.8) is 0 Å². The van der Waals surface area contributed by atoms with Crippen molar-refractivity contribution in [2.24, 2.45) is 0 Å². The summed E-state index contributed by atoms with van der Waals surface area (Å²) < 4.78 is 13.6. The number of nitrogens with one attached hydrogen (secondary N) is 1. The van der Waals surface area contributed by atoms with Gasteiger partial charge >= 0.3 is 0 Å². The standard InChI is InChI=1S/C14H11FNO/c1-16-14(17)11-6-4-5-10(9-11)12-7-2-3-8-13(12)15/h2-9H,1H2,(H,16,17). The van der Waals surface area contributed by atoms with Crippen LogP contribution < -0.4 is 5.32 Å². The molecule has 0 aromatic heterocycles. The number of hydrogen-bond donors (Lipinski definition) is 1. The highest BCUT2D eigenvalue weighted by Crippen LogP contribution is 2.23. The Morgan fingerprint density at radius 3 is 2.59 bits per heavy atom. The van der Waals surface area contributed by atoms with Gasteiger partial charge in [0.2, 0.25) is 0 Å². The average molecular weight is 228 g/mol. The molecule has 0 fully saturated rings. The minimum absolute atomic E-state index is 0.289. The molecule has 0 atom stereocenters. The van der Waals surface area contributed by atoms with Crippen LogP contribution in [0.25, 0.3) is 11.1 Å². The molecule has 2 nitrogen and oxygen atoms in total. The van der Waals surface area contributed by atoms with Crippen molar-refractivity contribution in [1.29, 1.82) is 0 Å². The summed E-state index contributed by atoms with van der Waals surface area (Å²) in [6.07, 6.45) is 0. The first-order valence-corrected chi connectivity index (χ1v) is 5.15. The number of amides is 1. The highest BCUT2D eigenvalue weighted by molar-refractivity contribution is 5.95. The molecule has 2 rings (SSSR count). The average Bonchev–Trinajstić information content (AvgIpc) is 2.38. The fourth-order valence-electron chi connectivity index (χ4n) is 1.63. The van der Waals surface area contributed by atoms with Gasteiger partial charge in [0.15, 0.2) is 0 Å². The zero-order chi connectivity index (χ0) is 12.3. The number of carbonyl (C=O) groups excluding carboxylic acids is 1. The van der Waals surface area contributed by atoms with Gasteiger partial charge in [0.25, 0.3) is 5.91 Å². The van der Waals surface area contributed by atoms with E-state index in [0.717, 1.165) is 0 Å². The number of halogens is 1. The Morgan fingerprint density at radius 2 is 1.88 bits per heavy atom. The second-order valence-corrected chi connectivity index (χ2v) is 3.57. The van der Waals surface area contributed by atoms with Crippen molar-refractivity contribution in [2.45, 2.75) is 0 Å². The molecule has 0 saturated carbocycles. The molecule has 17 heavy (non-hydrogen) atoms. The van der Waals surface area contributed by atoms with Gasteiger partial charge in [0.1, 0.15) is 5.82 Å². The lowest BCUT2D eigenvalue weighted by Crippen LogP contribution is -2.15. The molecule has 2 aromatic rings. The summed E-state index contributed by atoms with van der Waals surface area (Å²) in [5.74, 6) is -0.595. The van der Waals surface area contributed by atoms with Crippen LogP contribution in [-0.2, 0) is 0 Å². The predicted octanol–water partition coefficient (Wildman–Crippen LogP) is 3.01. The highest BCUT2D eigenvalue weighted by atomic mass is 19.1. The fourth-order valence-corrected chi connectivity index (χ4v) is 1.63. The number of carbonyl (C=O) groups is 1. The molecule has 0 spiro atoms. The summed E-state index contributed by atoms with van der Waals surface area (Å²) in [7, 11) is 3.31.